The second-order valence-corrected chi connectivity index (χ2v) is 9.70. The molecule has 1 aromatic carbocycles. The summed E-state index contributed by atoms with van der Waals surface area (Å²) >= 11 is 4.03. The molecule has 1 aromatic heterocycles. The Morgan fingerprint density at radius 3 is 2.74 bits per heavy atom. The molecule has 0 amide bonds. The van der Waals surface area contributed by atoms with E-state index in [2.05, 4.69) is 54.0 Å². The van der Waals surface area contributed by atoms with Crippen molar-refractivity contribution in [1.29, 1.82) is 0 Å². The molecule has 3 aliphatic rings. The second-order valence-electron chi connectivity index (χ2n) is 6.63. The Labute approximate surface area is 144 Å². The number of carbonyl (C=O) groups excluding carboxylic acids is 1. The summed E-state index contributed by atoms with van der Waals surface area (Å²) in [5.74, 6) is 0.320. The van der Waals surface area contributed by atoms with Crippen LogP contribution in [0.15, 0.2) is 36.0 Å². The number of rotatable bonds is 1. The van der Waals surface area contributed by atoms with E-state index in [1.54, 1.807) is 0 Å². The van der Waals surface area contributed by atoms with E-state index in [0.29, 0.717) is 12.0 Å². The second kappa shape index (κ2) is 4.61. The van der Waals surface area contributed by atoms with E-state index in [1.165, 1.54) is 22.2 Å². The minimum absolute atomic E-state index is 0.0214. The monoisotopic (exact) mass is 342 g/mol. The van der Waals surface area contributed by atoms with Crippen LogP contribution in [-0.2, 0) is 15.9 Å². The molecule has 0 saturated carbocycles. The molecule has 118 valence electrons. The lowest BCUT2D eigenvalue weighted by atomic mass is 9.76. The highest BCUT2D eigenvalue weighted by Crippen LogP contribution is 2.70. The van der Waals surface area contributed by atoms with Gasteiger partial charge in [-0.2, -0.15) is 0 Å². The number of allylic oxidation sites excluding steroid dienone is 1. The summed E-state index contributed by atoms with van der Waals surface area (Å²) in [5.41, 5.74) is 5.17. The Morgan fingerprint density at radius 2 is 2.04 bits per heavy atom. The zero-order chi connectivity index (χ0) is 15.8. The van der Waals surface area contributed by atoms with Crippen molar-refractivity contribution in [2.45, 2.75) is 16.5 Å². The van der Waals surface area contributed by atoms with Crippen LogP contribution in [0.2, 0.25) is 0 Å². The number of carbonyl (C=O) groups is 1. The Bertz CT molecular complexity index is 865. The van der Waals surface area contributed by atoms with E-state index in [0.717, 1.165) is 23.4 Å². The SMILES string of the molecule is CN1C=C(C=O)[C@H]2C[C@@H]1c1c(n(C)c3ccccc13)C21SCS1. The van der Waals surface area contributed by atoms with Gasteiger partial charge < -0.3 is 9.47 Å². The van der Waals surface area contributed by atoms with Gasteiger partial charge in [-0.3, -0.25) is 4.79 Å². The number of aryl methyl sites for hydroxylation is 1. The summed E-state index contributed by atoms with van der Waals surface area (Å²) < 4.78 is 2.40. The number of hydrogen-bond donors (Lipinski definition) is 0. The van der Waals surface area contributed by atoms with Crippen molar-refractivity contribution in [2.24, 2.45) is 13.0 Å². The third-order valence-electron chi connectivity index (χ3n) is 5.66. The molecule has 5 rings (SSSR count). The molecule has 1 spiro atoms. The van der Waals surface area contributed by atoms with Crippen molar-refractivity contribution in [3.8, 4) is 0 Å². The van der Waals surface area contributed by atoms with Gasteiger partial charge in [0, 0.05) is 53.3 Å². The molecule has 1 saturated heterocycles. The van der Waals surface area contributed by atoms with Gasteiger partial charge in [-0.25, -0.2) is 0 Å². The first-order chi connectivity index (χ1) is 11.2. The Balaban J connectivity index is 1.88. The number of nitrogens with zero attached hydrogens (tertiary/aromatic N) is 2. The fourth-order valence-corrected chi connectivity index (χ4v) is 7.74. The van der Waals surface area contributed by atoms with Crippen LogP contribution in [0.3, 0.4) is 0 Å². The van der Waals surface area contributed by atoms with Crippen molar-refractivity contribution in [3.05, 3.63) is 47.3 Å². The van der Waals surface area contributed by atoms with Gasteiger partial charge in [0.1, 0.15) is 10.4 Å². The maximum Gasteiger partial charge on any atom is 0.147 e. The first-order valence-corrected chi connectivity index (χ1v) is 9.89. The predicted octanol–water partition coefficient (Wildman–Crippen LogP) is 3.86. The number of thioether (sulfide) groups is 2. The molecule has 0 N–H and O–H groups in total. The zero-order valence-corrected chi connectivity index (χ0v) is 14.8. The average Bonchev–Trinajstić information content (AvgIpc) is 2.83. The highest BCUT2D eigenvalue weighted by molar-refractivity contribution is 8.33. The maximum absolute atomic E-state index is 11.7. The molecule has 2 bridgehead atoms. The molecule has 3 nitrogen and oxygen atoms in total. The number of aromatic nitrogens is 1. The van der Waals surface area contributed by atoms with Crippen LogP contribution in [0.5, 0.6) is 0 Å². The molecule has 2 aliphatic heterocycles. The fourth-order valence-electron chi connectivity index (χ4n) is 4.62. The van der Waals surface area contributed by atoms with E-state index >= 15 is 0 Å². The summed E-state index contributed by atoms with van der Waals surface area (Å²) in [4.78, 5) is 13.9. The molecule has 1 aliphatic carbocycles. The van der Waals surface area contributed by atoms with E-state index in [-0.39, 0.29) is 4.08 Å². The standard InChI is InChI=1S/C18H18N2OS2/c1-19-8-11(9-21)13-7-15(19)16-12-5-3-4-6-14(12)20(2)17(16)18(13)22-10-23-18/h3-6,8-9,13,15H,7,10H2,1-2H3/t13-,15-/m1/s1. The van der Waals surface area contributed by atoms with E-state index < -0.39 is 0 Å². The Morgan fingerprint density at radius 1 is 1.26 bits per heavy atom. The predicted molar refractivity (Wildman–Crippen MR) is 97.4 cm³/mol. The normalized spacial score (nSPS) is 27.6. The zero-order valence-electron chi connectivity index (χ0n) is 13.2. The lowest BCUT2D eigenvalue weighted by molar-refractivity contribution is -0.105. The van der Waals surface area contributed by atoms with Crippen molar-refractivity contribution >= 4 is 40.7 Å². The topological polar surface area (TPSA) is 25.2 Å². The number of fused-ring (bicyclic) bond motifs is 8. The Hall–Kier alpha value is -1.33. The van der Waals surface area contributed by atoms with Crippen LogP contribution in [0.1, 0.15) is 23.7 Å². The molecule has 5 heteroatoms. The van der Waals surface area contributed by atoms with Gasteiger partial charge in [-0.1, -0.05) is 18.2 Å². The van der Waals surface area contributed by atoms with E-state index in [1.807, 2.05) is 23.5 Å². The van der Waals surface area contributed by atoms with Crippen molar-refractivity contribution in [2.75, 3.05) is 12.1 Å². The maximum atomic E-state index is 11.7. The van der Waals surface area contributed by atoms with Gasteiger partial charge in [-0.15, -0.1) is 23.5 Å². The van der Waals surface area contributed by atoms with Crippen molar-refractivity contribution in [1.82, 2.24) is 9.47 Å². The minimum Gasteiger partial charge on any atom is -0.373 e. The van der Waals surface area contributed by atoms with Crippen molar-refractivity contribution in [3.63, 3.8) is 0 Å². The van der Waals surface area contributed by atoms with Gasteiger partial charge >= 0.3 is 0 Å². The van der Waals surface area contributed by atoms with Crippen LogP contribution in [-0.4, -0.2) is 27.9 Å². The number of aldehydes is 1. The van der Waals surface area contributed by atoms with Gasteiger partial charge in [0.2, 0.25) is 0 Å². The summed E-state index contributed by atoms with van der Waals surface area (Å²) in [6.45, 7) is 0. The lowest BCUT2D eigenvalue weighted by Gasteiger charge is -2.54. The van der Waals surface area contributed by atoms with Crippen LogP contribution in [0, 0.1) is 5.92 Å². The molecular formula is C18H18N2OS2. The Kier molecular flexibility index (Phi) is 2.81. The summed E-state index contributed by atoms with van der Waals surface area (Å²) in [7, 11) is 4.29. The van der Waals surface area contributed by atoms with Crippen LogP contribution >= 0.6 is 23.5 Å². The number of benzene rings is 1. The van der Waals surface area contributed by atoms with Crippen LogP contribution in [0.25, 0.3) is 10.9 Å². The minimum atomic E-state index is 0.0214. The highest BCUT2D eigenvalue weighted by Gasteiger charge is 2.57. The fraction of sp³-hybridized carbons (Fsp3) is 0.389. The molecule has 2 aromatic rings. The highest BCUT2D eigenvalue weighted by atomic mass is 32.3. The molecule has 0 unspecified atom stereocenters. The third-order valence-corrected chi connectivity index (χ3v) is 9.12. The quantitative estimate of drug-likeness (QED) is 0.735. The van der Waals surface area contributed by atoms with Gasteiger partial charge in [0.05, 0.1) is 11.7 Å². The number of para-hydroxylation sites is 1. The number of hydrogen-bond acceptors (Lipinski definition) is 4. The van der Waals surface area contributed by atoms with Crippen molar-refractivity contribution < 1.29 is 4.79 Å². The van der Waals surface area contributed by atoms with E-state index in [4.69, 9.17) is 0 Å². The lowest BCUT2D eigenvalue weighted by Crippen LogP contribution is -2.47. The van der Waals surface area contributed by atoms with Crippen LogP contribution in [0.4, 0.5) is 0 Å². The summed E-state index contributed by atoms with van der Waals surface area (Å²) in [6.07, 6.45) is 4.20. The van der Waals surface area contributed by atoms with Gasteiger partial charge in [-0.05, 0) is 12.5 Å². The molecular weight excluding hydrogens is 324 g/mol. The largest absolute Gasteiger partial charge is 0.373 e. The first kappa shape index (κ1) is 14.1. The molecule has 0 radical (unpaired) electrons. The van der Waals surface area contributed by atoms with E-state index in [9.17, 15) is 4.79 Å². The summed E-state index contributed by atoms with van der Waals surface area (Å²) in [6, 6.07) is 9.10. The molecule has 1 fully saturated rings. The third kappa shape index (κ3) is 1.57. The average molecular weight is 342 g/mol. The van der Waals surface area contributed by atoms with Crippen LogP contribution < -0.4 is 0 Å². The first-order valence-electron chi connectivity index (χ1n) is 7.92. The van der Waals surface area contributed by atoms with Gasteiger partial charge in [0.15, 0.2) is 0 Å². The molecule has 3 heterocycles. The molecule has 23 heavy (non-hydrogen) atoms. The van der Waals surface area contributed by atoms with Gasteiger partial charge in [0.25, 0.3) is 0 Å². The molecule has 2 atom stereocenters. The smallest absolute Gasteiger partial charge is 0.147 e. The summed E-state index contributed by atoms with van der Waals surface area (Å²) in [5, 5.41) is 2.49.